The minimum absolute atomic E-state index is 0.0737. The van der Waals surface area contributed by atoms with Gasteiger partial charge in [0.05, 0.1) is 18.5 Å². The molecule has 1 aliphatic rings. The van der Waals surface area contributed by atoms with Gasteiger partial charge in [-0.15, -0.1) is 0 Å². The van der Waals surface area contributed by atoms with Crippen LogP contribution in [0.25, 0.3) is 0 Å². The molecule has 1 aliphatic heterocycles. The van der Waals surface area contributed by atoms with Gasteiger partial charge in [0.2, 0.25) is 10.0 Å². The van der Waals surface area contributed by atoms with Crippen LogP contribution >= 0.6 is 0 Å². The highest BCUT2D eigenvalue weighted by Crippen LogP contribution is 2.09. The molecule has 0 unspecified atom stereocenters. The van der Waals surface area contributed by atoms with Crippen LogP contribution in [-0.4, -0.2) is 75.4 Å². The average Bonchev–Trinajstić information content (AvgIpc) is 2.39. The van der Waals surface area contributed by atoms with Gasteiger partial charge in [-0.1, -0.05) is 0 Å². The zero-order valence-electron chi connectivity index (χ0n) is 12.8. The Kier molecular flexibility index (Phi) is 7.98. The van der Waals surface area contributed by atoms with E-state index in [-0.39, 0.29) is 18.5 Å². The lowest BCUT2D eigenvalue weighted by molar-refractivity contribution is 0.0902. The van der Waals surface area contributed by atoms with E-state index >= 15 is 0 Å². The van der Waals surface area contributed by atoms with Crippen LogP contribution in [0.3, 0.4) is 0 Å². The van der Waals surface area contributed by atoms with Crippen LogP contribution in [0.2, 0.25) is 0 Å². The van der Waals surface area contributed by atoms with Gasteiger partial charge >= 0.3 is 0 Å². The molecule has 1 saturated heterocycles. The SMILES string of the molecule is CC(C)OCCS(=O)(=O)N1CCN(CCCCN)CC1. The predicted molar refractivity (Wildman–Crippen MR) is 81.2 cm³/mol. The molecule has 20 heavy (non-hydrogen) atoms. The molecule has 1 heterocycles. The Morgan fingerprint density at radius 2 is 1.80 bits per heavy atom. The maximum atomic E-state index is 12.1. The molecule has 6 nitrogen and oxygen atoms in total. The van der Waals surface area contributed by atoms with Crippen molar-refractivity contribution in [1.29, 1.82) is 0 Å². The fraction of sp³-hybridized carbons (Fsp3) is 1.00. The van der Waals surface area contributed by atoms with Gasteiger partial charge in [0.1, 0.15) is 0 Å². The minimum atomic E-state index is -3.17. The second-order valence-corrected chi connectivity index (χ2v) is 7.56. The van der Waals surface area contributed by atoms with Crippen molar-refractivity contribution in [3.05, 3.63) is 0 Å². The fourth-order valence-electron chi connectivity index (χ4n) is 2.23. The minimum Gasteiger partial charge on any atom is -0.378 e. The molecule has 0 aromatic carbocycles. The lowest BCUT2D eigenvalue weighted by atomic mass is 10.2. The summed E-state index contributed by atoms with van der Waals surface area (Å²) in [6.45, 7) is 8.64. The summed E-state index contributed by atoms with van der Waals surface area (Å²) in [5.41, 5.74) is 5.47. The van der Waals surface area contributed by atoms with E-state index in [1.54, 1.807) is 4.31 Å². The van der Waals surface area contributed by atoms with Gasteiger partial charge < -0.3 is 15.4 Å². The summed E-state index contributed by atoms with van der Waals surface area (Å²) in [7, 11) is -3.17. The maximum absolute atomic E-state index is 12.1. The lowest BCUT2D eigenvalue weighted by Gasteiger charge is -2.34. The normalized spacial score (nSPS) is 18.8. The van der Waals surface area contributed by atoms with Gasteiger partial charge in [0.25, 0.3) is 0 Å². The zero-order valence-corrected chi connectivity index (χ0v) is 13.6. The molecule has 0 spiro atoms. The number of unbranched alkanes of at least 4 members (excludes halogenated alkanes) is 1. The van der Waals surface area contributed by atoms with E-state index in [2.05, 4.69) is 4.90 Å². The Hall–Kier alpha value is -0.210. The van der Waals surface area contributed by atoms with Gasteiger partial charge in [-0.05, 0) is 39.8 Å². The second-order valence-electron chi connectivity index (χ2n) is 5.47. The molecular weight excluding hydrogens is 278 g/mol. The third kappa shape index (κ3) is 6.49. The first-order chi connectivity index (χ1) is 9.45. The summed E-state index contributed by atoms with van der Waals surface area (Å²) in [4.78, 5) is 2.31. The first-order valence-electron chi connectivity index (χ1n) is 7.47. The molecule has 0 saturated carbocycles. The van der Waals surface area contributed by atoms with E-state index < -0.39 is 10.0 Å². The summed E-state index contributed by atoms with van der Waals surface area (Å²) in [6.07, 6.45) is 2.20. The van der Waals surface area contributed by atoms with Crippen molar-refractivity contribution in [2.24, 2.45) is 5.73 Å². The van der Waals surface area contributed by atoms with Crippen LogP contribution in [0.1, 0.15) is 26.7 Å². The Labute approximate surface area is 123 Å². The number of ether oxygens (including phenoxy) is 1. The van der Waals surface area contributed by atoms with Gasteiger partial charge in [-0.2, -0.15) is 4.31 Å². The molecule has 0 radical (unpaired) electrons. The van der Waals surface area contributed by atoms with Gasteiger partial charge in [-0.25, -0.2) is 8.42 Å². The highest BCUT2D eigenvalue weighted by atomic mass is 32.2. The third-order valence-electron chi connectivity index (χ3n) is 3.45. The smallest absolute Gasteiger partial charge is 0.216 e. The summed E-state index contributed by atoms with van der Waals surface area (Å²) in [5.74, 6) is 0.0817. The summed E-state index contributed by atoms with van der Waals surface area (Å²) < 4.78 is 31.2. The molecular formula is C13H29N3O3S. The van der Waals surface area contributed by atoms with Crippen LogP contribution in [0.4, 0.5) is 0 Å². The number of rotatable bonds is 9. The van der Waals surface area contributed by atoms with Crippen LogP contribution in [0, 0.1) is 0 Å². The van der Waals surface area contributed by atoms with Gasteiger partial charge in [-0.3, -0.25) is 0 Å². The van der Waals surface area contributed by atoms with E-state index in [1.165, 1.54) is 0 Å². The van der Waals surface area contributed by atoms with Gasteiger partial charge in [0.15, 0.2) is 0 Å². The first-order valence-corrected chi connectivity index (χ1v) is 9.08. The zero-order chi connectivity index (χ0) is 15.0. The number of hydrogen-bond donors (Lipinski definition) is 1. The summed E-state index contributed by atoms with van der Waals surface area (Å²) in [5, 5.41) is 0. The van der Waals surface area contributed by atoms with E-state index in [0.717, 1.165) is 39.0 Å². The topological polar surface area (TPSA) is 75.9 Å². The van der Waals surface area contributed by atoms with Crippen molar-refractivity contribution in [2.75, 3.05) is 51.6 Å². The van der Waals surface area contributed by atoms with Crippen molar-refractivity contribution in [3.63, 3.8) is 0 Å². The second kappa shape index (κ2) is 8.94. The lowest BCUT2D eigenvalue weighted by Crippen LogP contribution is -2.49. The highest BCUT2D eigenvalue weighted by Gasteiger charge is 2.26. The van der Waals surface area contributed by atoms with Crippen LogP contribution < -0.4 is 5.73 Å². The predicted octanol–water partition coefficient (Wildman–Crippen LogP) is 0.0977. The third-order valence-corrected chi connectivity index (χ3v) is 5.28. The molecule has 1 fully saturated rings. The molecule has 2 N–H and O–H groups in total. The number of sulfonamides is 1. The molecule has 1 rings (SSSR count). The fourth-order valence-corrected chi connectivity index (χ4v) is 3.51. The number of nitrogens with zero attached hydrogens (tertiary/aromatic N) is 2. The maximum Gasteiger partial charge on any atom is 0.216 e. The van der Waals surface area contributed by atoms with Crippen LogP contribution in [-0.2, 0) is 14.8 Å². The molecule has 0 aromatic heterocycles. The van der Waals surface area contributed by atoms with Crippen molar-refractivity contribution in [1.82, 2.24) is 9.21 Å². The van der Waals surface area contributed by atoms with Crippen molar-refractivity contribution < 1.29 is 13.2 Å². The Morgan fingerprint density at radius 1 is 1.15 bits per heavy atom. The molecule has 120 valence electrons. The van der Waals surface area contributed by atoms with Crippen LogP contribution in [0.5, 0.6) is 0 Å². The van der Waals surface area contributed by atoms with Crippen molar-refractivity contribution in [2.45, 2.75) is 32.8 Å². The number of hydrogen-bond acceptors (Lipinski definition) is 5. The Bertz CT molecular complexity index is 352. The molecule has 0 bridgehead atoms. The van der Waals surface area contributed by atoms with Gasteiger partial charge in [0, 0.05) is 26.2 Å². The highest BCUT2D eigenvalue weighted by molar-refractivity contribution is 7.89. The van der Waals surface area contributed by atoms with Crippen molar-refractivity contribution in [3.8, 4) is 0 Å². The molecule has 0 aromatic rings. The Morgan fingerprint density at radius 3 is 2.35 bits per heavy atom. The van der Waals surface area contributed by atoms with E-state index in [9.17, 15) is 8.42 Å². The monoisotopic (exact) mass is 307 g/mol. The van der Waals surface area contributed by atoms with E-state index in [4.69, 9.17) is 10.5 Å². The van der Waals surface area contributed by atoms with E-state index in [0.29, 0.717) is 13.1 Å². The molecule has 0 amide bonds. The first kappa shape index (κ1) is 17.8. The standard InChI is InChI=1S/C13H29N3O3S/c1-13(2)19-11-12-20(17,18)16-9-7-15(8-10-16)6-4-3-5-14/h13H,3-12,14H2,1-2H3. The quantitative estimate of drug-likeness (QED) is 0.611. The largest absolute Gasteiger partial charge is 0.378 e. The van der Waals surface area contributed by atoms with Crippen molar-refractivity contribution >= 4 is 10.0 Å². The van der Waals surface area contributed by atoms with E-state index in [1.807, 2.05) is 13.8 Å². The summed E-state index contributed by atoms with van der Waals surface area (Å²) in [6, 6.07) is 0. The number of piperazine rings is 1. The molecule has 0 atom stereocenters. The van der Waals surface area contributed by atoms with Crippen LogP contribution in [0.15, 0.2) is 0 Å². The number of nitrogens with two attached hydrogens (primary N) is 1. The average molecular weight is 307 g/mol. The Balaban J connectivity index is 2.28. The molecule has 7 heteroatoms. The molecule has 0 aliphatic carbocycles. The summed E-state index contributed by atoms with van der Waals surface area (Å²) >= 11 is 0.